The van der Waals surface area contributed by atoms with Crippen LogP contribution in [0.25, 0.3) is 0 Å². The first-order valence-corrected chi connectivity index (χ1v) is 6.40. The van der Waals surface area contributed by atoms with E-state index in [2.05, 4.69) is 13.8 Å². The maximum absolute atomic E-state index is 12.4. The zero-order valence-corrected chi connectivity index (χ0v) is 11.2. The molecule has 1 saturated heterocycles. The highest BCUT2D eigenvalue weighted by Gasteiger charge is 2.53. The lowest BCUT2D eigenvalue weighted by Gasteiger charge is -2.24. The van der Waals surface area contributed by atoms with E-state index in [9.17, 15) is 9.59 Å². The number of hydrogen-bond donors (Lipinski definition) is 1. The average molecular weight is 255 g/mol. The molecule has 2 fully saturated rings. The van der Waals surface area contributed by atoms with E-state index in [1.54, 1.807) is 12.0 Å². The molecule has 1 amide bonds. The number of carbonyl (C=O) groups excluding carboxylic acids is 1. The van der Waals surface area contributed by atoms with Gasteiger partial charge in [0.15, 0.2) is 0 Å². The van der Waals surface area contributed by atoms with Crippen LogP contribution in [0.5, 0.6) is 0 Å². The highest BCUT2D eigenvalue weighted by molar-refractivity contribution is 5.83. The Morgan fingerprint density at radius 1 is 1.44 bits per heavy atom. The Hall–Kier alpha value is -1.10. The number of amides is 1. The Bertz CT molecular complexity index is 366. The van der Waals surface area contributed by atoms with Crippen LogP contribution in [0, 0.1) is 11.3 Å². The SMILES string of the molecule is COC1CC(CC(=O)O)N(C(=O)C2CC2(C)C)C1. The molecule has 18 heavy (non-hydrogen) atoms. The number of nitrogens with zero attached hydrogens (tertiary/aromatic N) is 1. The molecule has 2 rings (SSSR count). The molecule has 5 nitrogen and oxygen atoms in total. The van der Waals surface area contributed by atoms with Crippen molar-refractivity contribution in [3.05, 3.63) is 0 Å². The highest BCUT2D eigenvalue weighted by atomic mass is 16.5. The molecular formula is C13H21NO4. The molecule has 1 aliphatic heterocycles. The summed E-state index contributed by atoms with van der Waals surface area (Å²) in [5.41, 5.74) is 0.0794. The minimum Gasteiger partial charge on any atom is -0.481 e. The van der Waals surface area contributed by atoms with Crippen LogP contribution in [0.3, 0.4) is 0 Å². The van der Waals surface area contributed by atoms with Gasteiger partial charge in [0.2, 0.25) is 5.91 Å². The van der Waals surface area contributed by atoms with Crippen molar-refractivity contribution >= 4 is 11.9 Å². The first kappa shape index (κ1) is 13.3. The zero-order chi connectivity index (χ0) is 13.5. The number of carbonyl (C=O) groups is 2. The molecule has 0 bridgehead atoms. The third-order valence-electron chi connectivity index (χ3n) is 4.21. The van der Waals surface area contributed by atoms with Crippen molar-refractivity contribution in [3.63, 3.8) is 0 Å². The number of carboxylic acid groups (broad SMARTS) is 1. The van der Waals surface area contributed by atoms with Gasteiger partial charge in [-0.2, -0.15) is 0 Å². The zero-order valence-electron chi connectivity index (χ0n) is 11.2. The maximum Gasteiger partial charge on any atom is 0.305 e. The molecule has 3 atom stereocenters. The van der Waals surface area contributed by atoms with Gasteiger partial charge in [-0.3, -0.25) is 9.59 Å². The first-order chi connectivity index (χ1) is 8.35. The van der Waals surface area contributed by atoms with Gasteiger partial charge in [0, 0.05) is 25.6 Å². The first-order valence-electron chi connectivity index (χ1n) is 6.40. The summed E-state index contributed by atoms with van der Waals surface area (Å²) in [5, 5.41) is 8.91. The summed E-state index contributed by atoms with van der Waals surface area (Å²) in [5.74, 6) is -0.695. The van der Waals surface area contributed by atoms with Crippen molar-refractivity contribution in [2.45, 2.75) is 45.3 Å². The van der Waals surface area contributed by atoms with Crippen LogP contribution in [-0.4, -0.2) is 47.7 Å². The normalized spacial score (nSPS) is 33.5. The highest BCUT2D eigenvalue weighted by Crippen LogP contribution is 2.53. The van der Waals surface area contributed by atoms with Crippen LogP contribution in [0.4, 0.5) is 0 Å². The van der Waals surface area contributed by atoms with Crippen molar-refractivity contribution in [3.8, 4) is 0 Å². The van der Waals surface area contributed by atoms with Crippen molar-refractivity contribution in [2.24, 2.45) is 11.3 Å². The van der Waals surface area contributed by atoms with Gasteiger partial charge < -0.3 is 14.7 Å². The summed E-state index contributed by atoms with van der Waals surface area (Å²) in [7, 11) is 1.61. The van der Waals surface area contributed by atoms with Crippen LogP contribution in [-0.2, 0) is 14.3 Å². The van der Waals surface area contributed by atoms with E-state index in [0.717, 1.165) is 6.42 Å². The second kappa shape index (κ2) is 4.53. The Morgan fingerprint density at radius 2 is 2.06 bits per heavy atom. The van der Waals surface area contributed by atoms with Gasteiger partial charge in [0.05, 0.1) is 12.5 Å². The van der Waals surface area contributed by atoms with E-state index >= 15 is 0 Å². The number of aliphatic carboxylic acids is 1. The fourth-order valence-corrected chi connectivity index (χ4v) is 2.80. The van der Waals surface area contributed by atoms with Crippen molar-refractivity contribution in [1.82, 2.24) is 4.90 Å². The molecule has 1 saturated carbocycles. The number of ether oxygens (including phenoxy) is 1. The van der Waals surface area contributed by atoms with Gasteiger partial charge >= 0.3 is 5.97 Å². The van der Waals surface area contributed by atoms with Crippen LogP contribution in [0.2, 0.25) is 0 Å². The molecule has 0 aromatic rings. The van der Waals surface area contributed by atoms with Gasteiger partial charge in [-0.05, 0) is 18.3 Å². The molecular weight excluding hydrogens is 234 g/mol. The lowest BCUT2D eigenvalue weighted by Crippen LogP contribution is -2.39. The van der Waals surface area contributed by atoms with Gasteiger partial charge in [0.25, 0.3) is 0 Å². The maximum atomic E-state index is 12.4. The summed E-state index contributed by atoms with van der Waals surface area (Å²) >= 11 is 0. The Kier molecular flexibility index (Phi) is 3.36. The van der Waals surface area contributed by atoms with Crippen LogP contribution in [0.15, 0.2) is 0 Å². The van der Waals surface area contributed by atoms with Gasteiger partial charge in [-0.25, -0.2) is 0 Å². The third kappa shape index (κ3) is 2.51. The summed E-state index contributed by atoms with van der Waals surface area (Å²) < 4.78 is 5.27. The number of likely N-dealkylation sites (tertiary alicyclic amines) is 1. The van der Waals surface area contributed by atoms with Crippen LogP contribution >= 0.6 is 0 Å². The molecule has 0 aromatic carbocycles. The van der Waals surface area contributed by atoms with E-state index in [1.165, 1.54) is 0 Å². The summed E-state index contributed by atoms with van der Waals surface area (Å²) in [6, 6.07) is -0.212. The molecule has 0 aromatic heterocycles. The lowest BCUT2D eigenvalue weighted by molar-refractivity contribution is -0.140. The second-order valence-electron chi connectivity index (χ2n) is 6.08. The topological polar surface area (TPSA) is 66.8 Å². The molecule has 2 aliphatic rings. The molecule has 0 spiro atoms. The largest absolute Gasteiger partial charge is 0.481 e. The predicted octanol–water partition coefficient (Wildman–Crippen LogP) is 1.12. The van der Waals surface area contributed by atoms with E-state index < -0.39 is 5.97 Å². The fraction of sp³-hybridized carbons (Fsp3) is 0.846. The molecule has 0 radical (unpaired) electrons. The Morgan fingerprint density at radius 3 is 2.50 bits per heavy atom. The van der Waals surface area contributed by atoms with E-state index in [0.29, 0.717) is 13.0 Å². The van der Waals surface area contributed by atoms with Crippen molar-refractivity contribution < 1.29 is 19.4 Å². The molecule has 1 aliphatic carbocycles. The second-order valence-corrected chi connectivity index (χ2v) is 6.08. The van der Waals surface area contributed by atoms with Crippen LogP contribution in [0.1, 0.15) is 33.1 Å². The predicted molar refractivity (Wildman–Crippen MR) is 65.1 cm³/mol. The Balaban J connectivity index is 2.04. The van der Waals surface area contributed by atoms with Crippen LogP contribution < -0.4 is 0 Å². The fourth-order valence-electron chi connectivity index (χ4n) is 2.80. The average Bonchev–Trinajstić information content (AvgIpc) is 2.72. The molecule has 3 unspecified atom stereocenters. The smallest absolute Gasteiger partial charge is 0.305 e. The van der Waals surface area contributed by atoms with Gasteiger partial charge in [-0.15, -0.1) is 0 Å². The van der Waals surface area contributed by atoms with Gasteiger partial charge in [0.1, 0.15) is 0 Å². The molecule has 102 valence electrons. The van der Waals surface area contributed by atoms with E-state index in [1.807, 2.05) is 0 Å². The van der Waals surface area contributed by atoms with Gasteiger partial charge in [-0.1, -0.05) is 13.8 Å². The van der Waals surface area contributed by atoms with Crippen molar-refractivity contribution in [2.75, 3.05) is 13.7 Å². The third-order valence-corrected chi connectivity index (χ3v) is 4.21. The monoisotopic (exact) mass is 255 g/mol. The lowest BCUT2D eigenvalue weighted by atomic mass is 10.1. The molecule has 5 heteroatoms. The standard InChI is InChI=1S/C13H21NO4/c1-13(2)6-10(13)12(17)14-7-9(18-3)4-8(14)5-11(15)16/h8-10H,4-7H2,1-3H3,(H,15,16). The summed E-state index contributed by atoms with van der Waals surface area (Å²) in [6.07, 6.45) is 1.51. The summed E-state index contributed by atoms with van der Waals surface area (Å²) in [6.45, 7) is 4.68. The number of rotatable bonds is 4. The quantitative estimate of drug-likeness (QED) is 0.817. The van der Waals surface area contributed by atoms with E-state index in [-0.39, 0.29) is 35.8 Å². The minimum atomic E-state index is -0.857. The number of carboxylic acids is 1. The molecule has 1 N–H and O–H groups in total. The summed E-state index contributed by atoms with van der Waals surface area (Å²) in [4.78, 5) is 24.9. The minimum absolute atomic E-state index is 0.0126. The number of methoxy groups -OCH3 is 1. The molecule has 1 heterocycles. The number of hydrogen-bond acceptors (Lipinski definition) is 3. The van der Waals surface area contributed by atoms with E-state index in [4.69, 9.17) is 9.84 Å². The Labute approximate surface area is 107 Å². The van der Waals surface area contributed by atoms with Crippen molar-refractivity contribution in [1.29, 1.82) is 0 Å².